The number of hydrogen-bond donors (Lipinski definition) is 3. The summed E-state index contributed by atoms with van der Waals surface area (Å²) in [6, 6.07) is 3.00. The van der Waals surface area contributed by atoms with E-state index in [1.165, 1.54) is 23.6 Å². The van der Waals surface area contributed by atoms with E-state index in [1.54, 1.807) is 19.9 Å². The highest BCUT2D eigenvalue weighted by atomic mass is 16.2. The standard InChI is InChI=1S/C18H24N6O3/c1-11-10-15(25)22-18(19-11)24-14(9-12(2)23-24)21-17(27)16(26)20-13-7-5-3-4-6-8-13/h9-10,13H,3-8H2,1-2H3,(H,20,26)(H,21,27)(H,19,22,25). The van der Waals surface area contributed by atoms with Gasteiger partial charge in [0.15, 0.2) is 0 Å². The number of amides is 2. The van der Waals surface area contributed by atoms with Gasteiger partial charge in [0.1, 0.15) is 5.82 Å². The number of hydrogen-bond acceptors (Lipinski definition) is 5. The lowest BCUT2D eigenvalue weighted by Gasteiger charge is -2.15. The molecule has 2 heterocycles. The summed E-state index contributed by atoms with van der Waals surface area (Å²) in [6.07, 6.45) is 6.24. The van der Waals surface area contributed by atoms with E-state index in [4.69, 9.17) is 0 Å². The molecule has 0 atom stereocenters. The van der Waals surface area contributed by atoms with Crippen LogP contribution in [0.25, 0.3) is 5.95 Å². The lowest BCUT2D eigenvalue weighted by molar-refractivity contribution is -0.136. The van der Waals surface area contributed by atoms with Crippen LogP contribution in [0.5, 0.6) is 0 Å². The van der Waals surface area contributed by atoms with Crippen molar-refractivity contribution >= 4 is 17.6 Å². The van der Waals surface area contributed by atoms with E-state index in [0.29, 0.717) is 11.4 Å². The molecule has 0 aliphatic heterocycles. The fourth-order valence-electron chi connectivity index (χ4n) is 3.26. The van der Waals surface area contributed by atoms with Crippen LogP contribution in [0.4, 0.5) is 5.82 Å². The van der Waals surface area contributed by atoms with Gasteiger partial charge in [0.25, 0.3) is 5.56 Å². The zero-order valence-corrected chi connectivity index (χ0v) is 15.5. The van der Waals surface area contributed by atoms with Crippen LogP contribution >= 0.6 is 0 Å². The van der Waals surface area contributed by atoms with Gasteiger partial charge >= 0.3 is 11.8 Å². The van der Waals surface area contributed by atoms with Crippen molar-refractivity contribution in [3.63, 3.8) is 0 Å². The monoisotopic (exact) mass is 372 g/mol. The minimum atomic E-state index is -0.768. The van der Waals surface area contributed by atoms with Crippen LogP contribution in [0, 0.1) is 13.8 Å². The molecule has 2 amide bonds. The molecule has 1 aliphatic carbocycles. The molecule has 0 bridgehead atoms. The van der Waals surface area contributed by atoms with Crippen LogP contribution in [-0.2, 0) is 9.59 Å². The lowest BCUT2D eigenvalue weighted by Crippen LogP contribution is -2.41. The topological polar surface area (TPSA) is 122 Å². The van der Waals surface area contributed by atoms with Crippen molar-refractivity contribution < 1.29 is 9.59 Å². The van der Waals surface area contributed by atoms with E-state index < -0.39 is 11.8 Å². The van der Waals surface area contributed by atoms with Crippen molar-refractivity contribution in [3.8, 4) is 5.95 Å². The van der Waals surface area contributed by atoms with Crippen molar-refractivity contribution in [1.29, 1.82) is 0 Å². The minimum absolute atomic E-state index is 0.0344. The van der Waals surface area contributed by atoms with Gasteiger partial charge in [-0.3, -0.25) is 19.4 Å². The first-order valence-corrected chi connectivity index (χ1v) is 9.19. The number of aryl methyl sites for hydroxylation is 2. The number of nitrogens with zero attached hydrogens (tertiary/aromatic N) is 3. The Balaban J connectivity index is 1.74. The maximum absolute atomic E-state index is 12.3. The Bertz CT molecular complexity index is 893. The molecule has 3 rings (SSSR count). The molecule has 144 valence electrons. The Labute approximate surface area is 156 Å². The highest BCUT2D eigenvalue weighted by Gasteiger charge is 2.22. The normalized spacial score (nSPS) is 15.2. The second-order valence-corrected chi connectivity index (χ2v) is 6.91. The first kappa shape index (κ1) is 18.8. The van der Waals surface area contributed by atoms with Crippen LogP contribution in [-0.4, -0.2) is 37.6 Å². The number of rotatable bonds is 3. The molecule has 0 aromatic carbocycles. The quantitative estimate of drug-likeness (QED) is 0.554. The Morgan fingerprint density at radius 2 is 1.78 bits per heavy atom. The molecule has 2 aromatic rings. The third-order valence-corrected chi connectivity index (χ3v) is 4.53. The van der Waals surface area contributed by atoms with Crippen molar-refractivity contribution in [3.05, 3.63) is 33.9 Å². The molecule has 0 unspecified atom stereocenters. The Morgan fingerprint density at radius 3 is 2.44 bits per heavy atom. The van der Waals surface area contributed by atoms with Crippen molar-refractivity contribution in [1.82, 2.24) is 25.1 Å². The average Bonchev–Trinajstić information content (AvgIpc) is 2.79. The van der Waals surface area contributed by atoms with Gasteiger partial charge in [-0.25, -0.2) is 4.98 Å². The summed E-state index contributed by atoms with van der Waals surface area (Å²) >= 11 is 0. The molecule has 0 saturated heterocycles. The number of aromatic nitrogens is 4. The van der Waals surface area contributed by atoms with E-state index in [9.17, 15) is 14.4 Å². The molecular formula is C18H24N6O3. The zero-order valence-electron chi connectivity index (χ0n) is 15.5. The van der Waals surface area contributed by atoms with Crippen LogP contribution in [0.15, 0.2) is 16.9 Å². The van der Waals surface area contributed by atoms with Crippen LogP contribution in [0.1, 0.15) is 49.9 Å². The molecular weight excluding hydrogens is 348 g/mol. The summed E-state index contributed by atoms with van der Waals surface area (Å²) in [5.74, 6) is -0.997. The molecule has 0 spiro atoms. The fourth-order valence-corrected chi connectivity index (χ4v) is 3.26. The first-order chi connectivity index (χ1) is 12.9. The lowest BCUT2D eigenvalue weighted by atomic mass is 10.1. The first-order valence-electron chi connectivity index (χ1n) is 9.19. The van der Waals surface area contributed by atoms with E-state index in [-0.39, 0.29) is 23.4 Å². The third kappa shape index (κ3) is 4.81. The van der Waals surface area contributed by atoms with Gasteiger partial charge in [-0.15, -0.1) is 0 Å². The van der Waals surface area contributed by atoms with Crippen LogP contribution in [0.3, 0.4) is 0 Å². The summed E-state index contributed by atoms with van der Waals surface area (Å²) in [4.78, 5) is 43.1. The summed E-state index contributed by atoms with van der Waals surface area (Å²) < 4.78 is 1.31. The van der Waals surface area contributed by atoms with Gasteiger partial charge in [-0.1, -0.05) is 25.7 Å². The predicted molar refractivity (Wildman–Crippen MR) is 99.7 cm³/mol. The maximum atomic E-state index is 12.3. The largest absolute Gasteiger partial charge is 0.345 e. The molecule has 0 radical (unpaired) electrons. The van der Waals surface area contributed by atoms with E-state index >= 15 is 0 Å². The summed E-state index contributed by atoms with van der Waals surface area (Å²) in [5.41, 5.74) is 0.804. The Hall–Kier alpha value is -2.97. The van der Waals surface area contributed by atoms with Gasteiger partial charge in [0.05, 0.1) is 5.69 Å². The van der Waals surface area contributed by atoms with Gasteiger partial charge in [-0.2, -0.15) is 9.78 Å². The third-order valence-electron chi connectivity index (χ3n) is 4.53. The van der Waals surface area contributed by atoms with E-state index in [1.807, 2.05) is 0 Å². The zero-order chi connectivity index (χ0) is 19.4. The molecule has 1 fully saturated rings. The Kier molecular flexibility index (Phi) is 5.68. The number of anilines is 1. The summed E-state index contributed by atoms with van der Waals surface area (Å²) in [7, 11) is 0. The number of carbonyl (C=O) groups is 2. The van der Waals surface area contributed by atoms with Gasteiger partial charge in [-0.05, 0) is 26.7 Å². The van der Waals surface area contributed by atoms with Gasteiger partial charge in [0.2, 0.25) is 5.95 Å². The highest BCUT2D eigenvalue weighted by Crippen LogP contribution is 2.17. The number of aromatic amines is 1. The minimum Gasteiger partial charge on any atom is -0.345 e. The fraction of sp³-hybridized carbons (Fsp3) is 0.500. The van der Waals surface area contributed by atoms with Crippen LogP contribution in [0.2, 0.25) is 0 Å². The number of nitrogens with one attached hydrogen (secondary N) is 3. The maximum Gasteiger partial charge on any atom is 0.314 e. The number of carbonyl (C=O) groups excluding carboxylic acids is 2. The molecule has 3 N–H and O–H groups in total. The predicted octanol–water partition coefficient (Wildman–Crippen LogP) is 1.35. The van der Waals surface area contributed by atoms with Crippen LogP contribution < -0.4 is 16.2 Å². The molecule has 1 saturated carbocycles. The number of H-pyrrole nitrogens is 1. The second kappa shape index (κ2) is 8.15. The average molecular weight is 372 g/mol. The molecule has 27 heavy (non-hydrogen) atoms. The van der Waals surface area contributed by atoms with Gasteiger partial charge in [0, 0.05) is 23.9 Å². The molecule has 9 heteroatoms. The smallest absolute Gasteiger partial charge is 0.314 e. The van der Waals surface area contributed by atoms with Crippen molar-refractivity contribution in [2.24, 2.45) is 0 Å². The molecule has 9 nitrogen and oxygen atoms in total. The van der Waals surface area contributed by atoms with Gasteiger partial charge < -0.3 is 10.6 Å². The SMILES string of the molecule is Cc1cc(=O)[nH]c(-n2nc(C)cc2NC(=O)C(=O)NC2CCCCCC2)n1. The summed E-state index contributed by atoms with van der Waals surface area (Å²) in [5, 5.41) is 9.61. The Morgan fingerprint density at radius 1 is 1.07 bits per heavy atom. The van der Waals surface area contributed by atoms with E-state index in [2.05, 4.69) is 25.7 Å². The molecule has 2 aromatic heterocycles. The van der Waals surface area contributed by atoms with Crippen molar-refractivity contribution in [2.75, 3.05) is 5.32 Å². The molecule has 1 aliphatic rings. The van der Waals surface area contributed by atoms with Crippen molar-refractivity contribution in [2.45, 2.75) is 58.4 Å². The second-order valence-electron chi connectivity index (χ2n) is 6.91. The summed E-state index contributed by atoms with van der Waals surface area (Å²) in [6.45, 7) is 3.43. The van der Waals surface area contributed by atoms with E-state index in [0.717, 1.165) is 25.7 Å². The highest BCUT2D eigenvalue weighted by molar-refractivity contribution is 6.39.